The highest BCUT2D eigenvalue weighted by Crippen LogP contribution is 2.51. The summed E-state index contributed by atoms with van der Waals surface area (Å²) in [6, 6.07) is 3.22. The summed E-state index contributed by atoms with van der Waals surface area (Å²) in [6.45, 7) is 4.21. The molecule has 1 rings (SSSR count). The Morgan fingerprint density at radius 1 is 1.25 bits per heavy atom. The summed E-state index contributed by atoms with van der Waals surface area (Å²) in [4.78, 5) is 0. The van der Waals surface area contributed by atoms with Gasteiger partial charge in [0.15, 0.2) is 12.4 Å². The van der Waals surface area contributed by atoms with Crippen LogP contribution in [0.25, 0.3) is 0 Å². The lowest BCUT2D eigenvalue weighted by Crippen LogP contribution is -2.23. The second-order valence-corrected chi connectivity index (χ2v) is 5.23. The molecule has 0 aliphatic heterocycles. The molecule has 0 bridgehead atoms. The van der Waals surface area contributed by atoms with Crippen LogP contribution in [0.15, 0.2) is 24.5 Å². The molecular formula is C10H16NO4P. The lowest BCUT2D eigenvalue weighted by molar-refractivity contribution is -0.605. The molecule has 0 aromatic carbocycles. The molecule has 1 aromatic heterocycles. The minimum atomic E-state index is -3.07. The summed E-state index contributed by atoms with van der Waals surface area (Å²) in [7, 11) is -3.07. The Labute approximate surface area is 95.1 Å². The van der Waals surface area contributed by atoms with Crippen molar-refractivity contribution in [1.29, 1.82) is 0 Å². The van der Waals surface area contributed by atoms with Crippen molar-refractivity contribution in [2.24, 2.45) is 0 Å². The number of pyridine rings is 1. The highest BCUT2D eigenvalue weighted by Gasteiger charge is 2.24. The third-order valence-corrected chi connectivity index (χ3v) is 3.95. The van der Waals surface area contributed by atoms with Gasteiger partial charge in [-0.15, -0.1) is 0 Å². The van der Waals surface area contributed by atoms with Gasteiger partial charge in [-0.05, 0) is 19.4 Å². The molecule has 0 atom stereocenters. The van der Waals surface area contributed by atoms with Gasteiger partial charge in [-0.2, -0.15) is 4.73 Å². The van der Waals surface area contributed by atoms with Gasteiger partial charge in [0.25, 0.3) is 0 Å². The predicted molar refractivity (Wildman–Crippen MR) is 60.0 cm³/mol. The van der Waals surface area contributed by atoms with E-state index in [4.69, 9.17) is 9.05 Å². The minimum Gasteiger partial charge on any atom is -0.619 e. The zero-order valence-electron chi connectivity index (χ0n) is 9.46. The van der Waals surface area contributed by atoms with Crippen molar-refractivity contribution in [3.05, 3.63) is 35.3 Å². The fourth-order valence-electron chi connectivity index (χ4n) is 1.29. The third kappa shape index (κ3) is 3.93. The Bertz CT molecular complexity index is 356. The van der Waals surface area contributed by atoms with E-state index in [1.807, 2.05) is 0 Å². The standard InChI is InChI=1S/C10H16NO4P/c1-3-14-16(13,15-4-2)9-10-5-7-11(12)8-6-10/h5-8H,3-4,9H2,1-2H3. The topological polar surface area (TPSA) is 62.5 Å². The molecule has 0 aliphatic rings. The van der Waals surface area contributed by atoms with E-state index in [1.54, 1.807) is 26.0 Å². The number of rotatable bonds is 6. The van der Waals surface area contributed by atoms with E-state index in [1.165, 1.54) is 12.4 Å². The monoisotopic (exact) mass is 245 g/mol. The van der Waals surface area contributed by atoms with Crippen LogP contribution in [0.1, 0.15) is 19.4 Å². The molecule has 0 aliphatic carbocycles. The van der Waals surface area contributed by atoms with Gasteiger partial charge >= 0.3 is 7.60 Å². The number of hydrogen-bond donors (Lipinski definition) is 0. The molecule has 0 unspecified atom stereocenters. The molecular weight excluding hydrogens is 229 g/mol. The Morgan fingerprint density at radius 2 is 1.75 bits per heavy atom. The fraction of sp³-hybridized carbons (Fsp3) is 0.500. The number of hydrogen-bond acceptors (Lipinski definition) is 4. The minimum absolute atomic E-state index is 0.190. The molecule has 0 fully saturated rings. The average molecular weight is 245 g/mol. The van der Waals surface area contributed by atoms with Crippen molar-refractivity contribution in [3.63, 3.8) is 0 Å². The molecule has 0 saturated heterocycles. The van der Waals surface area contributed by atoms with Gasteiger partial charge in [0.05, 0.1) is 19.4 Å². The summed E-state index contributed by atoms with van der Waals surface area (Å²) < 4.78 is 23.1. The van der Waals surface area contributed by atoms with Crippen LogP contribution in [-0.2, 0) is 19.8 Å². The van der Waals surface area contributed by atoms with Crippen LogP contribution in [-0.4, -0.2) is 13.2 Å². The van der Waals surface area contributed by atoms with E-state index >= 15 is 0 Å². The zero-order chi connectivity index (χ0) is 12.0. The van der Waals surface area contributed by atoms with Crippen molar-refractivity contribution < 1.29 is 18.3 Å². The van der Waals surface area contributed by atoms with Crippen LogP contribution in [0, 0.1) is 5.21 Å². The SMILES string of the molecule is CCOP(=O)(Cc1cc[n+]([O-])cc1)OCC. The van der Waals surface area contributed by atoms with Crippen molar-refractivity contribution in [3.8, 4) is 0 Å². The highest BCUT2D eigenvalue weighted by atomic mass is 31.2. The van der Waals surface area contributed by atoms with Gasteiger partial charge in [-0.25, -0.2) is 0 Å². The smallest absolute Gasteiger partial charge is 0.335 e. The van der Waals surface area contributed by atoms with Gasteiger partial charge in [-0.1, -0.05) is 0 Å². The van der Waals surface area contributed by atoms with Gasteiger partial charge in [0.2, 0.25) is 0 Å². The summed E-state index contributed by atoms with van der Waals surface area (Å²) in [5, 5.41) is 10.8. The second-order valence-electron chi connectivity index (χ2n) is 3.17. The summed E-state index contributed by atoms with van der Waals surface area (Å²) in [6.07, 6.45) is 2.91. The van der Waals surface area contributed by atoms with Crippen LogP contribution in [0.4, 0.5) is 0 Å². The summed E-state index contributed by atoms with van der Waals surface area (Å²) >= 11 is 0. The first kappa shape index (κ1) is 13.2. The lowest BCUT2D eigenvalue weighted by Gasteiger charge is -2.16. The van der Waals surface area contributed by atoms with E-state index in [2.05, 4.69) is 0 Å². The summed E-state index contributed by atoms with van der Waals surface area (Å²) in [5.41, 5.74) is 0.761. The quantitative estimate of drug-likeness (QED) is 0.437. The van der Waals surface area contributed by atoms with Crippen LogP contribution < -0.4 is 4.73 Å². The molecule has 16 heavy (non-hydrogen) atoms. The van der Waals surface area contributed by atoms with E-state index in [0.717, 1.165) is 5.56 Å². The molecule has 0 spiro atoms. The normalized spacial score (nSPS) is 11.6. The Morgan fingerprint density at radius 3 is 2.19 bits per heavy atom. The van der Waals surface area contributed by atoms with Crippen molar-refractivity contribution in [2.45, 2.75) is 20.0 Å². The number of aromatic nitrogens is 1. The van der Waals surface area contributed by atoms with Crippen molar-refractivity contribution in [2.75, 3.05) is 13.2 Å². The average Bonchev–Trinajstić information content (AvgIpc) is 2.22. The first-order valence-electron chi connectivity index (χ1n) is 5.15. The highest BCUT2D eigenvalue weighted by molar-refractivity contribution is 7.53. The maximum absolute atomic E-state index is 12.1. The van der Waals surface area contributed by atoms with Crippen molar-refractivity contribution in [1.82, 2.24) is 0 Å². The maximum atomic E-state index is 12.1. The Kier molecular flexibility index (Phi) is 4.93. The zero-order valence-corrected chi connectivity index (χ0v) is 10.4. The van der Waals surface area contributed by atoms with Gasteiger partial charge < -0.3 is 14.3 Å². The second kappa shape index (κ2) is 5.99. The molecule has 1 heterocycles. The molecule has 5 nitrogen and oxygen atoms in total. The first-order chi connectivity index (χ1) is 7.59. The van der Waals surface area contributed by atoms with Crippen LogP contribution in [0.2, 0.25) is 0 Å². The molecule has 6 heteroatoms. The first-order valence-corrected chi connectivity index (χ1v) is 6.88. The molecule has 90 valence electrons. The maximum Gasteiger partial charge on any atom is 0.335 e. The molecule has 0 amide bonds. The van der Waals surface area contributed by atoms with Crippen LogP contribution in [0.5, 0.6) is 0 Å². The molecule has 0 saturated carbocycles. The largest absolute Gasteiger partial charge is 0.619 e. The van der Waals surface area contributed by atoms with E-state index in [0.29, 0.717) is 17.9 Å². The van der Waals surface area contributed by atoms with Gasteiger partial charge in [0, 0.05) is 12.1 Å². The van der Waals surface area contributed by atoms with Crippen molar-refractivity contribution >= 4 is 7.60 Å². The van der Waals surface area contributed by atoms with E-state index in [-0.39, 0.29) is 6.16 Å². The Hall–Kier alpha value is -0.900. The van der Waals surface area contributed by atoms with Gasteiger partial charge in [-0.3, -0.25) is 4.57 Å². The Balaban J connectivity index is 2.75. The van der Waals surface area contributed by atoms with E-state index in [9.17, 15) is 9.77 Å². The van der Waals surface area contributed by atoms with Gasteiger partial charge in [0.1, 0.15) is 0 Å². The lowest BCUT2D eigenvalue weighted by atomic mass is 10.3. The van der Waals surface area contributed by atoms with Crippen LogP contribution in [0.3, 0.4) is 0 Å². The molecule has 0 radical (unpaired) electrons. The molecule has 1 aromatic rings. The molecule has 0 N–H and O–H groups in total. The fourth-order valence-corrected chi connectivity index (χ4v) is 3.00. The summed E-state index contributed by atoms with van der Waals surface area (Å²) in [5.74, 6) is 0. The third-order valence-electron chi connectivity index (χ3n) is 1.90. The van der Waals surface area contributed by atoms with Crippen LogP contribution >= 0.6 is 7.60 Å². The predicted octanol–water partition coefficient (Wildman–Crippen LogP) is 2.09. The van der Waals surface area contributed by atoms with E-state index < -0.39 is 7.60 Å². The number of nitrogens with zero attached hydrogens (tertiary/aromatic N) is 1.